The molecule has 166 valence electrons. The van der Waals surface area contributed by atoms with Gasteiger partial charge in [0.1, 0.15) is 5.60 Å². The van der Waals surface area contributed by atoms with E-state index in [-0.39, 0.29) is 22.9 Å². The Morgan fingerprint density at radius 3 is 1.96 bits per heavy atom. The molecule has 28 heavy (non-hydrogen) atoms. The van der Waals surface area contributed by atoms with Crippen LogP contribution < -0.4 is 5.32 Å². The largest absolute Gasteiger partial charge is 0.444 e. The van der Waals surface area contributed by atoms with Crippen LogP contribution >= 0.6 is 0 Å². The van der Waals surface area contributed by atoms with Gasteiger partial charge in [0.25, 0.3) is 0 Å². The Bertz CT molecular complexity index is 523. The maximum Gasteiger partial charge on any atom is 0.410 e. The van der Waals surface area contributed by atoms with E-state index in [0.717, 1.165) is 6.42 Å². The van der Waals surface area contributed by atoms with Crippen molar-refractivity contribution < 1.29 is 18.8 Å². The van der Waals surface area contributed by atoms with Gasteiger partial charge < -0.3 is 19.4 Å². The van der Waals surface area contributed by atoms with Crippen LogP contribution in [0.1, 0.15) is 68.7 Å². The van der Waals surface area contributed by atoms with E-state index in [1.807, 2.05) is 41.5 Å². The number of carbonyl (C=O) groups excluding carboxylic acids is 2. The van der Waals surface area contributed by atoms with E-state index in [4.69, 9.17) is 9.16 Å². The van der Waals surface area contributed by atoms with Crippen molar-refractivity contribution in [1.82, 2.24) is 10.2 Å². The Hall–Kier alpha value is -1.08. The van der Waals surface area contributed by atoms with Gasteiger partial charge >= 0.3 is 6.09 Å². The molecule has 3 atom stereocenters. The molecule has 0 radical (unpaired) electrons. The average Bonchev–Trinajstić information content (AvgIpc) is 2.50. The molecule has 1 N–H and O–H groups in total. The monoisotopic (exact) mass is 416 g/mol. The summed E-state index contributed by atoms with van der Waals surface area (Å²) in [6, 6.07) is 0.104. The van der Waals surface area contributed by atoms with Crippen molar-refractivity contribution in [3.05, 3.63) is 0 Å². The van der Waals surface area contributed by atoms with E-state index in [2.05, 4.69) is 39.2 Å². The molecule has 3 unspecified atom stereocenters. The summed E-state index contributed by atoms with van der Waals surface area (Å²) in [4.78, 5) is 26.7. The van der Waals surface area contributed by atoms with E-state index in [1.165, 1.54) is 4.90 Å². The third-order valence-corrected chi connectivity index (χ3v) is 9.89. The van der Waals surface area contributed by atoms with Gasteiger partial charge in [-0.3, -0.25) is 4.79 Å². The Morgan fingerprint density at radius 1 is 1.07 bits per heavy atom. The molecule has 0 aliphatic heterocycles. The van der Waals surface area contributed by atoms with Gasteiger partial charge in [-0.2, -0.15) is 0 Å². The van der Waals surface area contributed by atoms with Crippen LogP contribution in [0.4, 0.5) is 4.79 Å². The number of likely N-dealkylation sites (N-methyl/N-ethyl adjacent to an activating group) is 1. The predicted octanol–water partition coefficient (Wildman–Crippen LogP) is 4.79. The van der Waals surface area contributed by atoms with Crippen LogP contribution in [0, 0.1) is 5.92 Å². The lowest BCUT2D eigenvalue weighted by Gasteiger charge is -2.41. The lowest BCUT2D eigenvalue weighted by molar-refractivity contribution is -0.128. The first-order valence-corrected chi connectivity index (χ1v) is 13.2. The fourth-order valence-corrected chi connectivity index (χ4v) is 3.57. The fraction of sp³-hybridized carbons (Fsp3) is 0.905. The molecule has 6 nitrogen and oxygen atoms in total. The van der Waals surface area contributed by atoms with Crippen LogP contribution in [-0.4, -0.2) is 56.6 Å². The van der Waals surface area contributed by atoms with Crippen molar-refractivity contribution in [2.45, 2.75) is 105 Å². The minimum absolute atomic E-state index is 0.00263. The molecule has 0 aliphatic carbocycles. The van der Waals surface area contributed by atoms with Gasteiger partial charge in [-0.15, -0.1) is 0 Å². The second-order valence-corrected chi connectivity index (χ2v) is 15.1. The highest BCUT2D eigenvalue weighted by molar-refractivity contribution is 6.74. The standard InChI is InChI=1S/C21H44N2O4Si/c1-13-15(2)22-18(24)16(3)17(27-28(11,12)21(7,8)9)14-23(10)19(25)26-20(4,5)6/h15-17H,13-14H2,1-12H3,(H,22,24). The summed E-state index contributed by atoms with van der Waals surface area (Å²) in [5.74, 6) is -0.427. The molecule has 0 aromatic rings. The highest BCUT2D eigenvalue weighted by atomic mass is 28.4. The number of ether oxygens (including phenoxy) is 1. The van der Waals surface area contributed by atoms with Crippen LogP contribution in [0.15, 0.2) is 0 Å². The van der Waals surface area contributed by atoms with E-state index < -0.39 is 26.1 Å². The van der Waals surface area contributed by atoms with E-state index in [1.54, 1.807) is 7.05 Å². The quantitative estimate of drug-likeness (QED) is 0.577. The number of nitrogens with one attached hydrogen (secondary N) is 1. The van der Waals surface area contributed by atoms with Gasteiger partial charge in [0.05, 0.1) is 12.0 Å². The van der Waals surface area contributed by atoms with E-state index >= 15 is 0 Å². The molecule has 0 bridgehead atoms. The van der Waals surface area contributed by atoms with Crippen molar-refractivity contribution in [1.29, 1.82) is 0 Å². The number of rotatable bonds is 8. The SMILES string of the molecule is CCC(C)NC(=O)C(C)C(CN(C)C(=O)OC(C)(C)C)O[Si](C)(C)C(C)(C)C. The summed E-state index contributed by atoms with van der Waals surface area (Å²) in [5, 5.41) is 3.04. The molecule has 0 heterocycles. The Morgan fingerprint density at radius 2 is 1.57 bits per heavy atom. The topological polar surface area (TPSA) is 67.9 Å². The number of hydrogen-bond acceptors (Lipinski definition) is 4. The highest BCUT2D eigenvalue weighted by Gasteiger charge is 2.42. The van der Waals surface area contributed by atoms with Crippen LogP contribution in [0.25, 0.3) is 0 Å². The summed E-state index contributed by atoms with van der Waals surface area (Å²) in [5.41, 5.74) is -0.569. The maximum absolute atomic E-state index is 12.8. The second-order valence-electron chi connectivity index (χ2n) is 10.4. The molecule has 0 saturated carbocycles. The van der Waals surface area contributed by atoms with Gasteiger partial charge in [0.15, 0.2) is 8.32 Å². The number of amides is 2. The van der Waals surface area contributed by atoms with Crippen molar-refractivity contribution in [2.24, 2.45) is 5.92 Å². The lowest BCUT2D eigenvalue weighted by atomic mass is 10.0. The zero-order valence-electron chi connectivity index (χ0n) is 20.2. The summed E-state index contributed by atoms with van der Waals surface area (Å²) in [7, 11) is -0.442. The highest BCUT2D eigenvalue weighted by Crippen LogP contribution is 2.38. The molecule has 0 spiro atoms. The average molecular weight is 417 g/mol. The Balaban J connectivity index is 5.50. The summed E-state index contributed by atoms with van der Waals surface area (Å²) < 4.78 is 12.0. The zero-order valence-corrected chi connectivity index (χ0v) is 21.2. The summed E-state index contributed by atoms with van der Waals surface area (Å²) >= 11 is 0. The summed E-state index contributed by atoms with van der Waals surface area (Å²) in [6.45, 7) is 22.5. The molecule has 0 aromatic carbocycles. The molecule has 0 aliphatic rings. The Kier molecular flexibility index (Phi) is 9.71. The number of nitrogens with zero attached hydrogens (tertiary/aromatic N) is 1. The zero-order chi connectivity index (χ0) is 22.5. The van der Waals surface area contributed by atoms with E-state index in [9.17, 15) is 9.59 Å². The van der Waals surface area contributed by atoms with Crippen LogP contribution in [0.2, 0.25) is 18.1 Å². The van der Waals surface area contributed by atoms with Crippen LogP contribution in [0.3, 0.4) is 0 Å². The van der Waals surface area contributed by atoms with E-state index in [0.29, 0.717) is 6.54 Å². The normalized spacial score (nSPS) is 16.1. The van der Waals surface area contributed by atoms with Gasteiger partial charge in [-0.25, -0.2) is 4.79 Å². The summed E-state index contributed by atoms with van der Waals surface area (Å²) in [6.07, 6.45) is 0.0534. The molecular weight excluding hydrogens is 372 g/mol. The van der Waals surface area contributed by atoms with Crippen LogP contribution in [0.5, 0.6) is 0 Å². The minimum Gasteiger partial charge on any atom is -0.444 e. The number of hydrogen-bond donors (Lipinski definition) is 1. The second kappa shape index (κ2) is 10.1. The van der Waals surface area contributed by atoms with Crippen molar-refractivity contribution in [3.8, 4) is 0 Å². The fourth-order valence-electron chi connectivity index (χ4n) is 2.18. The lowest BCUT2D eigenvalue weighted by Crippen LogP contribution is -2.52. The molecule has 0 rings (SSSR count). The third kappa shape index (κ3) is 8.95. The first-order valence-electron chi connectivity index (χ1n) is 10.3. The van der Waals surface area contributed by atoms with Gasteiger partial charge in [0.2, 0.25) is 5.91 Å². The first kappa shape index (κ1) is 26.9. The van der Waals surface area contributed by atoms with Crippen molar-refractivity contribution in [2.75, 3.05) is 13.6 Å². The van der Waals surface area contributed by atoms with Crippen molar-refractivity contribution >= 4 is 20.3 Å². The Labute approximate surface area is 173 Å². The third-order valence-electron chi connectivity index (χ3n) is 5.38. The number of carbonyl (C=O) groups is 2. The predicted molar refractivity (Wildman–Crippen MR) is 118 cm³/mol. The van der Waals surface area contributed by atoms with Crippen LogP contribution in [-0.2, 0) is 14.0 Å². The first-order chi connectivity index (χ1) is 12.4. The molecule has 0 fully saturated rings. The van der Waals surface area contributed by atoms with Gasteiger partial charge in [-0.05, 0) is 52.2 Å². The minimum atomic E-state index is -2.13. The van der Waals surface area contributed by atoms with Crippen molar-refractivity contribution in [3.63, 3.8) is 0 Å². The molecular formula is C21H44N2O4Si. The molecule has 0 aromatic heterocycles. The molecule has 7 heteroatoms. The van der Waals surface area contributed by atoms with Gasteiger partial charge in [0, 0.05) is 19.6 Å². The molecule has 0 saturated heterocycles. The van der Waals surface area contributed by atoms with Gasteiger partial charge in [-0.1, -0.05) is 34.6 Å². The maximum atomic E-state index is 12.8. The smallest absolute Gasteiger partial charge is 0.410 e. The molecule has 2 amide bonds.